The van der Waals surface area contributed by atoms with Crippen molar-refractivity contribution >= 4 is 5.91 Å². The summed E-state index contributed by atoms with van der Waals surface area (Å²) in [5.74, 6) is 0.711. The van der Waals surface area contributed by atoms with Gasteiger partial charge in [0, 0.05) is 18.2 Å². The SMILES string of the molecule is O=C(NC1CN2CCC1CC2)c1cccc(-c2ccccc2)c1. The Balaban J connectivity index is 1.50. The van der Waals surface area contributed by atoms with E-state index in [-0.39, 0.29) is 5.91 Å². The molecule has 3 saturated heterocycles. The first-order chi connectivity index (χ1) is 11.3. The lowest BCUT2D eigenvalue weighted by Crippen LogP contribution is -2.57. The Morgan fingerprint density at radius 1 is 0.957 bits per heavy atom. The molecule has 1 N–H and O–H groups in total. The first-order valence-corrected chi connectivity index (χ1v) is 8.48. The molecule has 3 nitrogen and oxygen atoms in total. The van der Waals surface area contributed by atoms with Gasteiger partial charge >= 0.3 is 0 Å². The van der Waals surface area contributed by atoms with Crippen molar-refractivity contribution in [2.75, 3.05) is 19.6 Å². The van der Waals surface area contributed by atoms with Gasteiger partial charge in [0.2, 0.25) is 0 Å². The average molecular weight is 306 g/mol. The molecular formula is C20H22N2O. The van der Waals surface area contributed by atoms with Crippen LogP contribution in [0.15, 0.2) is 54.6 Å². The minimum Gasteiger partial charge on any atom is -0.348 e. The maximum absolute atomic E-state index is 12.6. The Morgan fingerprint density at radius 3 is 2.39 bits per heavy atom. The minimum atomic E-state index is 0.0570. The zero-order valence-electron chi connectivity index (χ0n) is 13.2. The molecule has 2 aromatic rings. The van der Waals surface area contributed by atoms with Crippen LogP contribution in [-0.4, -0.2) is 36.5 Å². The van der Waals surface area contributed by atoms with Crippen LogP contribution in [0.5, 0.6) is 0 Å². The van der Waals surface area contributed by atoms with Gasteiger partial charge in [-0.3, -0.25) is 4.79 Å². The summed E-state index contributed by atoms with van der Waals surface area (Å²) in [6, 6.07) is 18.4. The lowest BCUT2D eigenvalue weighted by atomic mass is 9.84. The van der Waals surface area contributed by atoms with Crippen molar-refractivity contribution in [3.05, 3.63) is 60.2 Å². The van der Waals surface area contributed by atoms with Crippen molar-refractivity contribution < 1.29 is 4.79 Å². The standard InChI is InChI=1S/C20H22N2O/c23-20(21-19-14-22-11-9-16(19)10-12-22)18-8-4-7-17(13-18)15-5-2-1-3-6-15/h1-8,13,16,19H,9-12,14H2,(H,21,23). The van der Waals surface area contributed by atoms with E-state index in [4.69, 9.17) is 0 Å². The van der Waals surface area contributed by atoms with E-state index in [1.54, 1.807) is 0 Å². The van der Waals surface area contributed by atoms with Crippen molar-refractivity contribution in [2.24, 2.45) is 5.92 Å². The first kappa shape index (κ1) is 14.5. The van der Waals surface area contributed by atoms with Crippen LogP contribution in [-0.2, 0) is 0 Å². The Kier molecular flexibility index (Phi) is 3.88. The molecule has 1 amide bonds. The van der Waals surface area contributed by atoms with E-state index in [9.17, 15) is 4.79 Å². The summed E-state index contributed by atoms with van der Waals surface area (Å²) in [6.07, 6.45) is 2.43. The van der Waals surface area contributed by atoms with Crippen molar-refractivity contribution in [1.29, 1.82) is 0 Å². The summed E-state index contributed by atoms with van der Waals surface area (Å²) >= 11 is 0. The fourth-order valence-corrected chi connectivity index (χ4v) is 3.85. The Labute approximate surface area is 137 Å². The van der Waals surface area contributed by atoms with E-state index in [1.165, 1.54) is 25.9 Å². The molecule has 1 unspecified atom stereocenters. The van der Waals surface area contributed by atoms with E-state index >= 15 is 0 Å². The van der Waals surface area contributed by atoms with Crippen molar-refractivity contribution in [2.45, 2.75) is 18.9 Å². The summed E-state index contributed by atoms with van der Waals surface area (Å²) in [5.41, 5.74) is 2.99. The fourth-order valence-electron chi connectivity index (χ4n) is 3.85. The highest BCUT2D eigenvalue weighted by atomic mass is 16.1. The van der Waals surface area contributed by atoms with Crippen molar-refractivity contribution in [3.8, 4) is 11.1 Å². The summed E-state index contributed by atoms with van der Waals surface area (Å²) in [5, 5.41) is 3.26. The molecule has 0 spiro atoms. The van der Waals surface area contributed by atoms with Gasteiger partial charge in [-0.1, -0.05) is 42.5 Å². The highest BCUT2D eigenvalue weighted by molar-refractivity contribution is 5.95. The molecule has 1 atom stereocenters. The Morgan fingerprint density at radius 2 is 1.70 bits per heavy atom. The van der Waals surface area contributed by atoms with Gasteiger partial charge in [-0.05, 0) is 55.1 Å². The van der Waals surface area contributed by atoms with E-state index in [0.29, 0.717) is 12.0 Å². The molecule has 2 bridgehead atoms. The molecule has 0 aromatic heterocycles. The number of piperidine rings is 3. The van der Waals surface area contributed by atoms with E-state index in [0.717, 1.165) is 23.2 Å². The Bertz CT molecular complexity index is 690. The van der Waals surface area contributed by atoms with Crippen molar-refractivity contribution in [1.82, 2.24) is 10.2 Å². The molecule has 5 rings (SSSR count). The van der Waals surface area contributed by atoms with E-state index in [2.05, 4.69) is 28.4 Å². The van der Waals surface area contributed by atoms with Gasteiger partial charge in [0.25, 0.3) is 5.91 Å². The summed E-state index contributed by atoms with van der Waals surface area (Å²) in [7, 11) is 0. The minimum absolute atomic E-state index is 0.0570. The lowest BCUT2D eigenvalue weighted by molar-refractivity contribution is 0.0620. The van der Waals surface area contributed by atoms with Gasteiger partial charge in [-0.2, -0.15) is 0 Å². The molecule has 0 saturated carbocycles. The number of benzene rings is 2. The summed E-state index contributed by atoms with van der Waals surface area (Å²) < 4.78 is 0. The van der Waals surface area contributed by atoms with Gasteiger partial charge in [0.15, 0.2) is 0 Å². The molecule has 3 aliphatic heterocycles. The Hall–Kier alpha value is -2.13. The molecule has 3 heteroatoms. The van der Waals surface area contributed by atoms with Crippen LogP contribution in [0.3, 0.4) is 0 Å². The zero-order chi connectivity index (χ0) is 15.6. The van der Waals surface area contributed by atoms with Gasteiger partial charge in [0.1, 0.15) is 0 Å². The quantitative estimate of drug-likeness (QED) is 0.944. The molecule has 0 aliphatic carbocycles. The molecule has 3 fully saturated rings. The van der Waals surface area contributed by atoms with Gasteiger partial charge in [0.05, 0.1) is 0 Å². The van der Waals surface area contributed by atoms with E-state index < -0.39 is 0 Å². The number of nitrogens with zero attached hydrogens (tertiary/aromatic N) is 1. The number of carbonyl (C=O) groups excluding carboxylic acids is 1. The second-order valence-electron chi connectivity index (χ2n) is 6.66. The number of nitrogens with one attached hydrogen (secondary N) is 1. The number of hydrogen-bond donors (Lipinski definition) is 1. The molecule has 0 radical (unpaired) electrons. The second-order valence-corrected chi connectivity index (χ2v) is 6.66. The first-order valence-electron chi connectivity index (χ1n) is 8.48. The number of rotatable bonds is 3. The van der Waals surface area contributed by atoms with Gasteiger partial charge < -0.3 is 10.2 Å². The topological polar surface area (TPSA) is 32.3 Å². The molecular weight excluding hydrogens is 284 g/mol. The molecule has 118 valence electrons. The van der Waals surface area contributed by atoms with Crippen molar-refractivity contribution in [3.63, 3.8) is 0 Å². The smallest absolute Gasteiger partial charge is 0.251 e. The maximum Gasteiger partial charge on any atom is 0.251 e. The van der Waals surface area contributed by atoms with Gasteiger partial charge in [-0.15, -0.1) is 0 Å². The normalized spacial score (nSPS) is 26.0. The van der Waals surface area contributed by atoms with Crippen LogP contribution >= 0.6 is 0 Å². The summed E-state index contributed by atoms with van der Waals surface area (Å²) in [6.45, 7) is 3.40. The number of amides is 1. The third kappa shape index (κ3) is 3.02. The molecule has 23 heavy (non-hydrogen) atoms. The predicted octanol–water partition coefficient (Wildman–Crippen LogP) is 3.18. The van der Waals surface area contributed by atoms with Crippen LogP contribution in [0, 0.1) is 5.92 Å². The molecule has 3 heterocycles. The van der Waals surface area contributed by atoms with Gasteiger partial charge in [-0.25, -0.2) is 0 Å². The average Bonchev–Trinajstić information content (AvgIpc) is 2.63. The van der Waals surface area contributed by atoms with Crippen LogP contribution in [0.4, 0.5) is 0 Å². The molecule has 3 aliphatic rings. The number of hydrogen-bond acceptors (Lipinski definition) is 2. The largest absolute Gasteiger partial charge is 0.348 e. The highest BCUT2D eigenvalue weighted by Gasteiger charge is 2.34. The zero-order valence-corrected chi connectivity index (χ0v) is 13.2. The fraction of sp³-hybridized carbons (Fsp3) is 0.350. The highest BCUT2D eigenvalue weighted by Crippen LogP contribution is 2.28. The monoisotopic (exact) mass is 306 g/mol. The van der Waals surface area contributed by atoms with Crippen LogP contribution in [0.25, 0.3) is 11.1 Å². The third-order valence-corrected chi connectivity index (χ3v) is 5.20. The van der Waals surface area contributed by atoms with Crippen LogP contribution in [0.1, 0.15) is 23.2 Å². The number of fused-ring (bicyclic) bond motifs is 3. The summed E-state index contributed by atoms with van der Waals surface area (Å²) in [4.78, 5) is 15.1. The maximum atomic E-state index is 12.6. The number of carbonyl (C=O) groups is 1. The lowest BCUT2D eigenvalue weighted by Gasteiger charge is -2.44. The third-order valence-electron chi connectivity index (χ3n) is 5.20. The van der Waals surface area contributed by atoms with E-state index in [1.807, 2.05) is 36.4 Å². The predicted molar refractivity (Wildman–Crippen MR) is 92.3 cm³/mol. The van der Waals surface area contributed by atoms with Crippen LogP contribution in [0.2, 0.25) is 0 Å². The van der Waals surface area contributed by atoms with Crippen LogP contribution < -0.4 is 5.32 Å². The second kappa shape index (κ2) is 6.17. The molecule has 2 aromatic carbocycles.